The van der Waals surface area contributed by atoms with Gasteiger partial charge in [-0.15, -0.1) is 10.2 Å². The van der Waals surface area contributed by atoms with E-state index < -0.39 is 0 Å². The highest BCUT2D eigenvalue weighted by Gasteiger charge is 2.52. The molecule has 0 aromatic carbocycles. The number of hydrogen-bond donors (Lipinski definition) is 0. The van der Waals surface area contributed by atoms with Crippen LogP contribution in [0.15, 0.2) is 28.9 Å². The molecule has 1 atom stereocenters. The van der Waals surface area contributed by atoms with Crippen molar-refractivity contribution in [2.24, 2.45) is 11.3 Å². The lowest BCUT2D eigenvalue weighted by Gasteiger charge is -2.36. The largest absolute Gasteiger partial charge is 0.420 e. The van der Waals surface area contributed by atoms with Gasteiger partial charge in [-0.05, 0) is 37.8 Å². The summed E-state index contributed by atoms with van der Waals surface area (Å²) in [7, 11) is 0. The zero-order valence-electron chi connectivity index (χ0n) is 14.6. The van der Waals surface area contributed by atoms with Gasteiger partial charge in [-0.1, -0.05) is 0 Å². The predicted molar refractivity (Wildman–Crippen MR) is 92.1 cm³/mol. The van der Waals surface area contributed by atoms with E-state index in [4.69, 9.17) is 9.15 Å². The van der Waals surface area contributed by atoms with E-state index in [9.17, 15) is 4.79 Å². The minimum absolute atomic E-state index is 0.00908. The van der Waals surface area contributed by atoms with Gasteiger partial charge in [0.15, 0.2) is 0 Å². The van der Waals surface area contributed by atoms with E-state index in [2.05, 4.69) is 15.2 Å². The summed E-state index contributed by atoms with van der Waals surface area (Å²) >= 11 is 0. The number of hydrogen-bond acceptors (Lipinski definition) is 6. The molecule has 0 bridgehead atoms. The van der Waals surface area contributed by atoms with Crippen molar-refractivity contribution in [1.29, 1.82) is 0 Å². The SMILES string of the molecule is O=C(C1CC1)N1CC(c2nnc(-c3ccncc3)o2)C2(CCOCC2)C1. The molecule has 1 amide bonds. The standard InChI is InChI=1S/C19H22N4O3/c24-18(14-1-2-14)23-11-15(19(12-23)5-9-25-10-6-19)17-22-21-16(26-17)13-3-7-20-8-4-13/h3-4,7-8,14-15H,1-2,5-6,9-12H2. The van der Waals surface area contributed by atoms with Crippen LogP contribution in [0.4, 0.5) is 0 Å². The Bertz CT molecular complexity index is 796. The van der Waals surface area contributed by atoms with Crippen LogP contribution in [0, 0.1) is 11.3 Å². The van der Waals surface area contributed by atoms with Crippen molar-refractivity contribution in [1.82, 2.24) is 20.1 Å². The number of amides is 1. The first kappa shape index (κ1) is 15.9. The molecule has 1 spiro atoms. The Morgan fingerprint density at radius 2 is 1.92 bits per heavy atom. The summed E-state index contributed by atoms with van der Waals surface area (Å²) in [6.07, 6.45) is 7.35. The van der Waals surface area contributed by atoms with E-state index in [0.717, 1.165) is 51.0 Å². The lowest BCUT2D eigenvalue weighted by molar-refractivity contribution is -0.132. The third kappa shape index (κ3) is 2.70. The molecule has 1 saturated carbocycles. The molecule has 2 aliphatic heterocycles. The Kier molecular flexibility index (Phi) is 3.77. The fraction of sp³-hybridized carbons (Fsp3) is 0.579. The summed E-state index contributed by atoms with van der Waals surface area (Å²) in [5.74, 6) is 1.77. The molecule has 3 aliphatic rings. The number of aromatic nitrogens is 3. The van der Waals surface area contributed by atoms with Crippen LogP contribution in [0.3, 0.4) is 0 Å². The van der Waals surface area contributed by atoms with Gasteiger partial charge in [-0.3, -0.25) is 9.78 Å². The zero-order chi connectivity index (χ0) is 17.6. The second-order valence-electron chi connectivity index (χ2n) is 7.70. The average Bonchev–Trinajstić information content (AvgIpc) is 3.32. The Labute approximate surface area is 151 Å². The van der Waals surface area contributed by atoms with Crippen LogP contribution >= 0.6 is 0 Å². The van der Waals surface area contributed by atoms with E-state index >= 15 is 0 Å². The molecule has 26 heavy (non-hydrogen) atoms. The first-order chi connectivity index (χ1) is 12.8. The lowest BCUT2D eigenvalue weighted by Crippen LogP contribution is -2.37. The van der Waals surface area contributed by atoms with E-state index in [0.29, 0.717) is 24.2 Å². The molecule has 3 fully saturated rings. The Morgan fingerprint density at radius 3 is 2.65 bits per heavy atom. The maximum atomic E-state index is 12.7. The summed E-state index contributed by atoms with van der Waals surface area (Å²) in [6, 6.07) is 3.72. The van der Waals surface area contributed by atoms with Gasteiger partial charge in [0, 0.05) is 55.6 Å². The minimum atomic E-state index is -0.00908. The third-order valence-electron chi connectivity index (χ3n) is 6.04. The van der Waals surface area contributed by atoms with Crippen LogP contribution in [0.5, 0.6) is 0 Å². The molecule has 1 unspecified atom stereocenters. The monoisotopic (exact) mass is 354 g/mol. The lowest BCUT2D eigenvalue weighted by atomic mass is 9.72. The Balaban J connectivity index is 1.45. The van der Waals surface area contributed by atoms with Crippen LogP contribution in [-0.2, 0) is 9.53 Å². The maximum Gasteiger partial charge on any atom is 0.247 e. The highest BCUT2D eigenvalue weighted by atomic mass is 16.5. The molecule has 7 nitrogen and oxygen atoms in total. The van der Waals surface area contributed by atoms with Crippen molar-refractivity contribution in [2.75, 3.05) is 26.3 Å². The topological polar surface area (TPSA) is 81.4 Å². The first-order valence-electron chi connectivity index (χ1n) is 9.35. The quantitative estimate of drug-likeness (QED) is 0.841. The van der Waals surface area contributed by atoms with Crippen molar-refractivity contribution in [3.8, 4) is 11.5 Å². The van der Waals surface area contributed by atoms with Crippen LogP contribution in [-0.4, -0.2) is 52.3 Å². The summed E-state index contributed by atoms with van der Waals surface area (Å²) in [6.45, 7) is 2.91. The number of nitrogens with zero attached hydrogens (tertiary/aromatic N) is 4. The van der Waals surface area contributed by atoms with Crippen molar-refractivity contribution >= 4 is 5.91 Å². The molecule has 2 aromatic rings. The van der Waals surface area contributed by atoms with Crippen molar-refractivity contribution in [2.45, 2.75) is 31.6 Å². The Morgan fingerprint density at radius 1 is 1.15 bits per heavy atom. The van der Waals surface area contributed by atoms with Crippen molar-refractivity contribution in [3.63, 3.8) is 0 Å². The van der Waals surface area contributed by atoms with E-state index in [1.165, 1.54) is 0 Å². The van der Waals surface area contributed by atoms with Gasteiger partial charge in [0.2, 0.25) is 17.7 Å². The van der Waals surface area contributed by atoms with E-state index in [1.807, 2.05) is 17.0 Å². The molecule has 2 aromatic heterocycles. The van der Waals surface area contributed by atoms with Crippen LogP contribution in [0.1, 0.15) is 37.5 Å². The van der Waals surface area contributed by atoms with Gasteiger partial charge in [0.05, 0.1) is 5.92 Å². The van der Waals surface area contributed by atoms with Gasteiger partial charge in [0.25, 0.3) is 0 Å². The molecule has 0 N–H and O–H groups in total. The van der Waals surface area contributed by atoms with E-state index in [-0.39, 0.29) is 17.3 Å². The number of rotatable bonds is 3. The fourth-order valence-electron chi connectivity index (χ4n) is 4.34. The van der Waals surface area contributed by atoms with Gasteiger partial charge in [-0.25, -0.2) is 0 Å². The second-order valence-corrected chi connectivity index (χ2v) is 7.70. The number of ether oxygens (including phenoxy) is 1. The molecule has 5 rings (SSSR count). The van der Waals surface area contributed by atoms with Gasteiger partial charge in [-0.2, -0.15) is 0 Å². The second kappa shape index (κ2) is 6.16. The van der Waals surface area contributed by atoms with Crippen LogP contribution in [0.25, 0.3) is 11.5 Å². The summed E-state index contributed by atoms with van der Waals surface area (Å²) in [5, 5.41) is 8.61. The summed E-state index contributed by atoms with van der Waals surface area (Å²) in [5.41, 5.74) is 0.855. The maximum absolute atomic E-state index is 12.7. The van der Waals surface area contributed by atoms with Gasteiger partial charge in [0.1, 0.15) is 0 Å². The number of pyridine rings is 1. The smallest absolute Gasteiger partial charge is 0.247 e. The average molecular weight is 354 g/mol. The van der Waals surface area contributed by atoms with Crippen LogP contribution in [0.2, 0.25) is 0 Å². The fourth-order valence-corrected chi connectivity index (χ4v) is 4.34. The molecule has 7 heteroatoms. The zero-order valence-corrected chi connectivity index (χ0v) is 14.6. The number of likely N-dealkylation sites (tertiary alicyclic amines) is 1. The molecule has 2 saturated heterocycles. The molecule has 4 heterocycles. The third-order valence-corrected chi connectivity index (χ3v) is 6.04. The molecule has 1 aliphatic carbocycles. The normalized spacial score (nSPS) is 24.9. The predicted octanol–water partition coefficient (Wildman–Crippen LogP) is 2.26. The summed E-state index contributed by atoms with van der Waals surface area (Å²) in [4.78, 5) is 18.7. The van der Waals surface area contributed by atoms with Gasteiger partial charge < -0.3 is 14.1 Å². The first-order valence-corrected chi connectivity index (χ1v) is 9.35. The molecule has 136 valence electrons. The van der Waals surface area contributed by atoms with Crippen LogP contribution < -0.4 is 0 Å². The Hall–Kier alpha value is -2.28. The van der Waals surface area contributed by atoms with E-state index in [1.54, 1.807) is 12.4 Å². The number of carbonyl (C=O) groups excluding carboxylic acids is 1. The van der Waals surface area contributed by atoms with Gasteiger partial charge >= 0.3 is 0 Å². The molecule has 0 radical (unpaired) electrons. The minimum Gasteiger partial charge on any atom is -0.420 e. The molecular weight excluding hydrogens is 332 g/mol. The highest BCUT2D eigenvalue weighted by molar-refractivity contribution is 5.81. The number of carbonyl (C=O) groups is 1. The summed E-state index contributed by atoms with van der Waals surface area (Å²) < 4.78 is 11.6. The molecular formula is C19H22N4O3. The van der Waals surface area contributed by atoms with Crippen molar-refractivity contribution < 1.29 is 13.9 Å². The van der Waals surface area contributed by atoms with Crippen molar-refractivity contribution in [3.05, 3.63) is 30.4 Å². The highest BCUT2D eigenvalue weighted by Crippen LogP contribution is 2.50.